The highest BCUT2D eigenvalue weighted by atomic mass is 35.5. The van der Waals surface area contributed by atoms with Gasteiger partial charge in [-0.05, 0) is 6.07 Å². The third-order valence-corrected chi connectivity index (χ3v) is 4.04. The van der Waals surface area contributed by atoms with Crippen molar-refractivity contribution in [3.8, 4) is 0 Å². The molecule has 8 heteroatoms. The molecule has 0 fully saturated rings. The van der Waals surface area contributed by atoms with Crippen LogP contribution in [0.3, 0.4) is 0 Å². The molecule has 0 aliphatic heterocycles. The number of hydrogen-bond donors (Lipinski definition) is 1. The van der Waals surface area contributed by atoms with E-state index < -0.39 is 15.0 Å². The Morgan fingerprint density at radius 2 is 2.00 bits per heavy atom. The van der Waals surface area contributed by atoms with Gasteiger partial charge >= 0.3 is 0 Å². The average Bonchev–Trinajstić information content (AvgIpc) is 2.36. The fraction of sp³-hybridized carbons (Fsp3) is 0.333. The molecular formula is C12H13Cl2N2O3S+. The quantitative estimate of drug-likeness (QED) is 0.517. The maximum absolute atomic E-state index is 10.7. The number of alkyl halides is 2. The van der Waals surface area contributed by atoms with Gasteiger partial charge < -0.3 is 0 Å². The number of nitrogens with zero attached hydrogens (tertiary/aromatic N) is 2. The van der Waals surface area contributed by atoms with Gasteiger partial charge in [0.25, 0.3) is 10.1 Å². The van der Waals surface area contributed by atoms with Gasteiger partial charge in [-0.2, -0.15) is 8.42 Å². The summed E-state index contributed by atoms with van der Waals surface area (Å²) in [4.78, 5) is -0.698. The molecule has 0 aliphatic rings. The first-order valence-electron chi connectivity index (χ1n) is 5.89. The highest BCUT2D eigenvalue weighted by molar-refractivity contribution is 7.85. The van der Waals surface area contributed by atoms with Crippen LogP contribution in [-0.4, -0.2) is 23.8 Å². The van der Waals surface area contributed by atoms with Gasteiger partial charge in [-0.15, -0.1) is 0 Å². The number of benzene rings is 1. The van der Waals surface area contributed by atoms with Crippen molar-refractivity contribution < 1.29 is 17.7 Å². The molecule has 2 rings (SSSR count). The summed E-state index contributed by atoms with van der Waals surface area (Å²) in [6.45, 7) is 0.345. The Labute approximate surface area is 126 Å². The number of hydrogen-bond acceptors (Lipinski definition) is 3. The summed E-state index contributed by atoms with van der Waals surface area (Å²) in [6, 6.07) is 7.41. The van der Waals surface area contributed by atoms with Crippen molar-refractivity contribution >= 4 is 44.2 Å². The predicted molar refractivity (Wildman–Crippen MR) is 77.4 cm³/mol. The molecule has 0 saturated heterocycles. The summed E-state index contributed by atoms with van der Waals surface area (Å²) in [7, 11) is -3.96. The Kier molecular flexibility index (Phi) is 4.80. The first kappa shape index (κ1) is 15.4. The molecule has 1 aromatic heterocycles. The molecule has 5 nitrogen and oxygen atoms in total. The molecule has 0 radical (unpaired) electrons. The molecule has 1 N–H and O–H groups in total. The van der Waals surface area contributed by atoms with Crippen LogP contribution in [0.15, 0.2) is 30.5 Å². The molecule has 2 aromatic rings. The Bertz CT molecular complexity index is 720. The molecular weight excluding hydrogens is 323 g/mol. The summed E-state index contributed by atoms with van der Waals surface area (Å²) in [5, 5.41) is 5.22. The van der Waals surface area contributed by atoms with Crippen LogP contribution in [-0.2, 0) is 16.7 Å². The van der Waals surface area contributed by atoms with E-state index in [0.29, 0.717) is 12.1 Å². The second-order valence-corrected chi connectivity index (χ2v) is 6.97. The summed E-state index contributed by atoms with van der Waals surface area (Å²) in [6.07, 6.45) is 1.94. The molecule has 1 aromatic carbocycles. The molecule has 20 heavy (non-hydrogen) atoms. The number of aryl methyl sites for hydroxylation is 1. The second kappa shape index (κ2) is 6.22. The van der Waals surface area contributed by atoms with Crippen molar-refractivity contribution in [2.75, 3.05) is 5.75 Å². The van der Waals surface area contributed by atoms with Crippen molar-refractivity contribution in [2.45, 2.75) is 17.8 Å². The minimum atomic E-state index is -3.96. The lowest BCUT2D eigenvalue weighted by molar-refractivity contribution is -0.751. The zero-order chi connectivity index (χ0) is 14.8. The number of fused-ring (bicyclic) bond motifs is 1. The zero-order valence-corrected chi connectivity index (χ0v) is 12.7. The first-order valence-corrected chi connectivity index (χ1v) is 8.38. The van der Waals surface area contributed by atoms with Crippen LogP contribution < -0.4 is 4.68 Å². The fourth-order valence-electron chi connectivity index (χ4n) is 1.90. The molecule has 0 atom stereocenters. The van der Waals surface area contributed by atoms with Crippen molar-refractivity contribution in [2.24, 2.45) is 0 Å². The molecule has 0 saturated carbocycles. The van der Waals surface area contributed by atoms with Gasteiger partial charge in [0, 0.05) is 16.9 Å². The Balaban J connectivity index is 2.30. The summed E-state index contributed by atoms with van der Waals surface area (Å²) in [5.41, 5.74) is 1.44. The highest BCUT2D eigenvalue weighted by Gasteiger charge is 2.17. The van der Waals surface area contributed by atoms with Crippen molar-refractivity contribution in [3.05, 3.63) is 36.0 Å². The molecule has 0 aliphatic carbocycles. The van der Waals surface area contributed by atoms with Crippen LogP contribution in [0.1, 0.15) is 16.8 Å². The minimum absolute atomic E-state index is 0.253. The van der Waals surface area contributed by atoms with Crippen LogP contribution >= 0.6 is 23.2 Å². The van der Waals surface area contributed by atoms with Gasteiger partial charge in [0.1, 0.15) is 10.4 Å². The van der Waals surface area contributed by atoms with E-state index in [2.05, 4.69) is 5.10 Å². The fourth-order valence-corrected chi connectivity index (χ4v) is 2.74. The van der Waals surface area contributed by atoms with Crippen LogP contribution in [0, 0.1) is 0 Å². The second-order valence-electron chi connectivity index (χ2n) is 4.30. The lowest BCUT2D eigenvalue weighted by Crippen LogP contribution is -2.39. The van der Waals surface area contributed by atoms with Gasteiger partial charge in [-0.1, -0.05) is 46.1 Å². The van der Waals surface area contributed by atoms with E-state index in [-0.39, 0.29) is 12.2 Å². The molecule has 0 bridgehead atoms. The Morgan fingerprint density at radius 3 is 2.65 bits per heavy atom. The first-order chi connectivity index (χ1) is 9.37. The average molecular weight is 336 g/mol. The van der Waals surface area contributed by atoms with E-state index in [0.717, 1.165) is 10.9 Å². The highest BCUT2D eigenvalue weighted by Crippen LogP contribution is 2.29. The summed E-state index contributed by atoms with van der Waals surface area (Å²) >= 11 is 11.9. The molecule has 0 spiro atoms. The smallest absolute Gasteiger partial charge is 0.265 e. The van der Waals surface area contributed by atoms with E-state index in [4.69, 9.17) is 27.8 Å². The van der Waals surface area contributed by atoms with Crippen LogP contribution in [0.2, 0.25) is 0 Å². The minimum Gasteiger partial charge on any atom is -0.286 e. The van der Waals surface area contributed by atoms with E-state index in [1.165, 1.54) is 0 Å². The van der Waals surface area contributed by atoms with Crippen LogP contribution in [0.5, 0.6) is 0 Å². The largest absolute Gasteiger partial charge is 0.286 e. The van der Waals surface area contributed by atoms with Crippen LogP contribution in [0.4, 0.5) is 0 Å². The van der Waals surface area contributed by atoms with Crippen molar-refractivity contribution in [1.29, 1.82) is 0 Å². The monoisotopic (exact) mass is 335 g/mol. The Morgan fingerprint density at radius 1 is 1.30 bits per heavy atom. The normalized spacial score (nSPS) is 12.2. The van der Waals surface area contributed by atoms with Gasteiger partial charge in [0.2, 0.25) is 6.20 Å². The van der Waals surface area contributed by atoms with E-state index in [1.807, 2.05) is 24.3 Å². The molecule has 108 valence electrons. The number of rotatable bonds is 5. The lowest BCUT2D eigenvalue weighted by atomic mass is 10.1. The maximum atomic E-state index is 10.7. The SMILES string of the molecule is O=S(=O)(O)CCC[n+]1cc(C(Cl)Cl)c2ccccc2n1. The van der Waals surface area contributed by atoms with Crippen molar-refractivity contribution in [1.82, 2.24) is 5.10 Å². The molecule has 1 heterocycles. The van der Waals surface area contributed by atoms with Gasteiger partial charge in [-0.25, -0.2) is 0 Å². The lowest BCUT2D eigenvalue weighted by Gasteiger charge is -2.05. The third-order valence-electron chi connectivity index (χ3n) is 2.76. The van der Waals surface area contributed by atoms with Gasteiger partial charge in [0.15, 0.2) is 6.54 Å². The van der Waals surface area contributed by atoms with E-state index in [9.17, 15) is 8.42 Å². The topological polar surface area (TPSA) is 71.1 Å². The summed E-state index contributed by atoms with van der Waals surface area (Å²) < 4.78 is 31.7. The van der Waals surface area contributed by atoms with Gasteiger partial charge in [-0.3, -0.25) is 4.55 Å². The Hall–Kier alpha value is -0.950. The summed E-state index contributed by atoms with van der Waals surface area (Å²) in [5.74, 6) is -0.310. The van der Waals surface area contributed by atoms with E-state index >= 15 is 0 Å². The predicted octanol–water partition coefficient (Wildman–Crippen LogP) is 2.28. The van der Waals surface area contributed by atoms with Crippen LogP contribution in [0.25, 0.3) is 10.9 Å². The number of halogens is 2. The standard InChI is InChI=1S/C12H12Cl2N2O3S/c13-12(14)10-8-16(6-3-7-20(17,18)19)15-11-5-2-1-4-9(10)11/h1-2,4-5,8,12H,3,6-7H2/p+1. The zero-order valence-electron chi connectivity index (χ0n) is 10.4. The maximum Gasteiger partial charge on any atom is 0.265 e. The van der Waals surface area contributed by atoms with Gasteiger partial charge in [0.05, 0.1) is 11.3 Å². The van der Waals surface area contributed by atoms with E-state index in [1.54, 1.807) is 10.9 Å². The molecule has 0 unspecified atom stereocenters. The number of aromatic nitrogens is 2. The van der Waals surface area contributed by atoms with Crippen molar-refractivity contribution in [3.63, 3.8) is 0 Å². The molecule has 0 amide bonds. The third kappa shape index (κ3) is 4.02.